The number of hydrogen-bond acceptors (Lipinski definition) is 4. The van der Waals surface area contributed by atoms with Crippen LogP contribution in [0, 0.1) is 0 Å². The molecule has 0 aliphatic heterocycles. The number of rotatable bonds is 7. The Balaban J connectivity index is 2.20. The molecule has 2 heterocycles. The van der Waals surface area contributed by atoms with Crippen LogP contribution < -0.4 is 10.2 Å². The van der Waals surface area contributed by atoms with Crippen molar-refractivity contribution in [3.05, 3.63) is 53.5 Å². The van der Waals surface area contributed by atoms with Gasteiger partial charge in [0.1, 0.15) is 5.82 Å². The maximum atomic E-state index is 4.78. The molecule has 0 aliphatic rings. The van der Waals surface area contributed by atoms with Gasteiger partial charge in [-0.1, -0.05) is 13.3 Å². The zero-order chi connectivity index (χ0) is 15.1. The quantitative estimate of drug-likeness (QED) is 0.849. The molecule has 0 saturated heterocycles. The van der Waals surface area contributed by atoms with Crippen molar-refractivity contribution in [3.8, 4) is 0 Å². The van der Waals surface area contributed by atoms with Crippen LogP contribution in [0.2, 0.25) is 0 Å². The van der Waals surface area contributed by atoms with Crippen LogP contribution in [0.1, 0.15) is 30.2 Å². The lowest BCUT2D eigenvalue weighted by Crippen LogP contribution is -2.19. The zero-order valence-corrected chi connectivity index (χ0v) is 13.1. The fourth-order valence-electron chi connectivity index (χ4n) is 2.36. The van der Waals surface area contributed by atoms with Gasteiger partial charge < -0.3 is 10.2 Å². The minimum Gasteiger partial charge on any atom is -0.355 e. The first-order valence-electron chi connectivity index (χ1n) is 7.47. The van der Waals surface area contributed by atoms with Gasteiger partial charge in [0.05, 0.1) is 0 Å². The summed E-state index contributed by atoms with van der Waals surface area (Å²) in [5.74, 6) is 1.03. The normalized spacial score (nSPS) is 10.6. The van der Waals surface area contributed by atoms with Crippen molar-refractivity contribution in [2.75, 3.05) is 19.0 Å². The summed E-state index contributed by atoms with van der Waals surface area (Å²) in [6.45, 7) is 3.90. The lowest BCUT2D eigenvalue weighted by Gasteiger charge is -2.20. The van der Waals surface area contributed by atoms with E-state index in [-0.39, 0.29) is 0 Å². The SMILES string of the molecule is CCCc1cc(CNC)cc(N(C)Cc2ccncc2)n1. The second kappa shape index (κ2) is 7.74. The van der Waals surface area contributed by atoms with Crippen LogP contribution in [-0.2, 0) is 19.5 Å². The predicted octanol–water partition coefficient (Wildman–Crippen LogP) is 2.78. The average Bonchev–Trinajstić information content (AvgIpc) is 2.49. The van der Waals surface area contributed by atoms with Crippen LogP contribution in [0.3, 0.4) is 0 Å². The van der Waals surface area contributed by atoms with E-state index in [0.717, 1.165) is 31.7 Å². The third-order valence-corrected chi connectivity index (χ3v) is 3.37. The van der Waals surface area contributed by atoms with Gasteiger partial charge in [-0.2, -0.15) is 0 Å². The van der Waals surface area contributed by atoms with E-state index in [2.05, 4.69) is 41.3 Å². The molecule has 2 aromatic heterocycles. The van der Waals surface area contributed by atoms with Gasteiger partial charge in [0, 0.05) is 38.2 Å². The number of anilines is 1. The Morgan fingerprint density at radius 2 is 1.90 bits per heavy atom. The number of nitrogens with zero attached hydrogens (tertiary/aromatic N) is 3. The Morgan fingerprint density at radius 1 is 1.14 bits per heavy atom. The number of hydrogen-bond donors (Lipinski definition) is 1. The minimum atomic E-state index is 0.837. The van der Waals surface area contributed by atoms with Crippen LogP contribution in [0.25, 0.3) is 0 Å². The lowest BCUT2D eigenvalue weighted by atomic mass is 10.1. The maximum absolute atomic E-state index is 4.78. The molecule has 21 heavy (non-hydrogen) atoms. The molecule has 0 radical (unpaired) electrons. The lowest BCUT2D eigenvalue weighted by molar-refractivity contribution is 0.797. The first kappa shape index (κ1) is 15.4. The summed E-state index contributed by atoms with van der Waals surface area (Å²) in [5, 5.41) is 3.21. The fraction of sp³-hybridized carbons (Fsp3) is 0.412. The first-order chi connectivity index (χ1) is 10.2. The highest BCUT2D eigenvalue weighted by Crippen LogP contribution is 2.17. The third-order valence-electron chi connectivity index (χ3n) is 3.37. The summed E-state index contributed by atoms with van der Waals surface area (Å²) < 4.78 is 0. The van der Waals surface area contributed by atoms with E-state index in [4.69, 9.17) is 4.98 Å². The number of aryl methyl sites for hydroxylation is 1. The summed E-state index contributed by atoms with van der Waals surface area (Å²) in [4.78, 5) is 11.0. The number of pyridine rings is 2. The number of aromatic nitrogens is 2. The highest BCUT2D eigenvalue weighted by Gasteiger charge is 2.07. The van der Waals surface area contributed by atoms with Crippen molar-refractivity contribution in [3.63, 3.8) is 0 Å². The van der Waals surface area contributed by atoms with Crippen LogP contribution in [0.4, 0.5) is 5.82 Å². The molecular weight excluding hydrogens is 260 g/mol. The monoisotopic (exact) mass is 284 g/mol. The zero-order valence-electron chi connectivity index (χ0n) is 13.1. The smallest absolute Gasteiger partial charge is 0.129 e. The molecule has 4 nitrogen and oxygen atoms in total. The van der Waals surface area contributed by atoms with Gasteiger partial charge in [0.2, 0.25) is 0 Å². The highest BCUT2D eigenvalue weighted by atomic mass is 15.2. The highest BCUT2D eigenvalue weighted by molar-refractivity contribution is 5.43. The van der Waals surface area contributed by atoms with Crippen molar-refractivity contribution in [1.29, 1.82) is 0 Å². The molecule has 0 fully saturated rings. The van der Waals surface area contributed by atoms with Crippen molar-refractivity contribution in [1.82, 2.24) is 15.3 Å². The second-order valence-electron chi connectivity index (χ2n) is 5.32. The van der Waals surface area contributed by atoms with Crippen molar-refractivity contribution in [2.45, 2.75) is 32.9 Å². The van der Waals surface area contributed by atoms with E-state index in [1.165, 1.54) is 16.8 Å². The Bertz CT molecular complexity index is 530. The predicted molar refractivity (Wildman–Crippen MR) is 87.3 cm³/mol. The minimum absolute atomic E-state index is 0.837. The molecule has 0 saturated carbocycles. The molecule has 0 bridgehead atoms. The molecular formula is C17H24N4. The van der Waals surface area contributed by atoms with Crippen LogP contribution in [0.5, 0.6) is 0 Å². The van der Waals surface area contributed by atoms with Crippen molar-refractivity contribution >= 4 is 5.82 Å². The van der Waals surface area contributed by atoms with E-state index in [9.17, 15) is 0 Å². The molecule has 4 heteroatoms. The van der Waals surface area contributed by atoms with Crippen LogP contribution in [0.15, 0.2) is 36.7 Å². The molecule has 2 rings (SSSR count). The third kappa shape index (κ3) is 4.53. The van der Waals surface area contributed by atoms with Gasteiger partial charge in [0.25, 0.3) is 0 Å². The van der Waals surface area contributed by atoms with Gasteiger partial charge in [-0.15, -0.1) is 0 Å². The van der Waals surface area contributed by atoms with E-state index >= 15 is 0 Å². The summed E-state index contributed by atoms with van der Waals surface area (Å²) in [7, 11) is 4.06. The van der Waals surface area contributed by atoms with Crippen LogP contribution in [-0.4, -0.2) is 24.1 Å². The van der Waals surface area contributed by atoms with E-state index in [1.807, 2.05) is 31.6 Å². The summed E-state index contributed by atoms with van der Waals surface area (Å²) >= 11 is 0. The number of nitrogens with one attached hydrogen (secondary N) is 1. The van der Waals surface area contributed by atoms with Crippen LogP contribution >= 0.6 is 0 Å². The second-order valence-corrected chi connectivity index (χ2v) is 5.32. The van der Waals surface area contributed by atoms with Gasteiger partial charge in [-0.05, 0) is 48.9 Å². The molecule has 2 aromatic rings. The van der Waals surface area contributed by atoms with E-state index < -0.39 is 0 Å². The Morgan fingerprint density at radius 3 is 2.57 bits per heavy atom. The largest absolute Gasteiger partial charge is 0.355 e. The molecule has 0 amide bonds. The Hall–Kier alpha value is -1.94. The molecule has 112 valence electrons. The molecule has 1 N–H and O–H groups in total. The fourth-order valence-corrected chi connectivity index (χ4v) is 2.36. The first-order valence-corrected chi connectivity index (χ1v) is 7.47. The summed E-state index contributed by atoms with van der Waals surface area (Å²) in [6, 6.07) is 8.45. The van der Waals surface area contributed by atoms with Gasteiger partial charge in [-0.25, -0.2) is 4.98 Å². The summed E-state index contributed by atoms with van der Waals surface area (Å²) in [6.07, 6.45) is 5.80. The molecule has 0 aliphatic carbocycles. The molecule has 0 aromatic carbocycles. The van der Waals surface area contributed by atoms with Gasteiger partial charge >= 0.3 is 0 Å². The van der Waals surface area contributed by atoms with Gasteiger partial charge in [-0.3, -0.25) is 4.98 Å². The topological polar surface area (TPSA) is 41.0 Å². The molecule has 0 atom stereocenters. The van der Waals surface area contributed by atoms with Gasteiger partial charge in [0.15, 0.2) is 0 Å². The standard InChI is InChI=1S/C17H24N4/c1-4-5-16-10-15(12-18-2)11-17(20-16)21(3)13-14-6-8-19-9-7-14/h6-11,18H,4-5,12-13H2,1-3H3. The molecule has 0 unspecified atom stereocenters. The average molecular weight is 284 g/mol. The van der Waals surface area contributed by atoms with Crippen molar-refractivity contribution in [2.24, 2.45) is 0 Å². The Kier molecular flexibility index (Phi) is 5.69. The molecule has 0 spiro atoms. The van der Waals surface area contributed by atoms with E-state index in [1.54, 1.807) is 0 Å². The maximum Gasteiger partial charge on any atom is 0.129 e. The van der Waals surface area contributed by atoms with Crippen molar-refractivity contribution < 1.29 is 0 Å². The summed E-state index contributed by atoms with van der Waals surface area (Å²) in [5.41, 5.74) is 3.69. The van der Waals surface area contributed by atoms with E-state index in [0.29, 0.717) is 0 Å². The Labute approximate surface area is 127 Å².